The van der Waals surface area contributed by atoms with E-state index in [1.807, 2.05) is 31.2 Å². The molecule has 0 fully saturated rings. The molecule has 5 nitrogen and oxygen atoms in total. The molecule has 1 heterocycles. The fraction of sp³-hybridized carbons (Fsp3) is 0.214. The number of nitrogens with zero attached hydrogens (tertiary/aromatic N) is 3. The van der Waals surface area contributed by atoms with Crippen molar-refractivity contribution < 1.29 is 4.74 Å². The number of anilines is 1. The van der Waals surface area contributed by atoms with Crippen LogP contribution in [0.5, 0.6) is 5.75 Å². The number of benzene rings is 1. The molecule has 0 atom stereocenters. The quantitative estimate of drug-likeness (QED) is 0.910. The fourth-order valence-electron chi connectivity index (χ4n) is 1.78. The number of ether oxygens (including phenoxy) is 1. The lowest BCUT2D eigenvalue weighted by Gasteiger charge is -2.10. The predicted octanol–water partition coefficient (Wildman–Crippen LogP) is 2.37. The molecule has 0 saturated carbocycles. The summed E-state index contributed by atoms with van der Waals surface area (Å²) in [6, 6.07) is 7.85. The van der Waals surface area contributed by atoms with Gasteiger partial charge in [0.2, 0.25) is 0 Å². The normalized spacial score (nSPS) is 9.79. The minimum absolute atomic E-state index is 0.415. The van der Waals surface area contributed by atoms with E-state index in [0.29, 0.717) is 23.0 Å². The molecule has 0 bridgehead atoms. The first-order valence-corrected chi connectivity index (χ1v) is 5.79. The molecule has 0 aliphatic carbocycles. The van der Waals surface area contributed by atoms with Gasteiger partial charge in [-0.1, -0.05) is 11.6 Å². The summed E-state index contributed by atoms with van der Waals surface area (Å²) in [5.41, 5.74) is 2.32. The van der Waals surface area contributed by atoms with E-state index in [-0.39, 0.29) is 0 Å². The Hall–Kier alpha value is -2.61. The number of hydrogen-bond acceptors (Lipinski definition) is 5. The lowest BCUT2D eigenvalue weighted by atomic mass is 10.1. The molecular formula is C14H14N4O. The largest absolute Gasteiger partial charge is 0.496 e. The predicted molar refractivity (Wildman–Crippen MR) is 73.0 cm³/mol. The first kappa shape index (κ1) is 12.8. The molecule has 0 radical (unpaired) electrons. The van der Waals surface area contributed by atoms with Crippen molar-refractivity contribution in [2.24, 2.45) is 0 Å². The minimum atomic E-state index is 0.415. The Bertz CT molecular complexity index is 646. The fourth-order valence-corrected chi connectivity index (χ4v) is 1.78. The number of methoxy groups -OCH3 is 1. The lowest BCUT2D eigenvalue weighted by molar-refractivity contribution is 0.416. The molecule has 1 N–H and O–H groups in total. The molecule has 0 spiro atoms. The first-order chi connectivity index (χ1) is 9.19. The van der Waals surface area contributed by atoms with E-state index in [9.17, 15) is 0 Å². The number of aryl methyl sites for hydroxylation is 1. The van der Waals surface area contributed by atoms with E-state index in [1.54, 1.807) is 14.2 Å². The zero-order valence-electron chi connectivity index (χ0n) is 11.1. The van der Waals surface area contributed by atoms with E-state index in [2.05, 4.69) is 15.3 Å². The van der Waals surface area contributed by atoms with Crippen molar-refractivity contribution in [2.75, 3.05) is 19.5 Å². The van der Waals surface area contributed by atoms with Crippen LogP contribution in [0.2, 0.25) is 0 Å². The topological polar surface area (TPSA) is 70.8 Å². The van der Waals surface area contributed by atoms with Crippen LogP contribution in [-0.4, -0.2) is 24.1 Å². The average molecular weight is 254 g/mol. The molecule has 0 aliphatic heterocycles. The Morgan fingerprint density at radius 2 is 2.16 bits per heavy atom. The number of nitrogens with one attached hydrogen (secondary N) is 1. The number of aromatic nitrogens is 2. The zero-order chi connectivity index (χ0) is 13.8. The summed E-state index contributed by atoms with van der Waals surface area (Å²) in [5.74, 6) is 1.75. The highest BCUT2D eigenvalue weighted by Crippen LogP contribution is 2.29. The highest BCUT2D eigenvalue weighted by molar-refractivity contribution is 5.67. The first-order valence-electron chi connectivity index (χ1n) is 5.79. The summed E-state index contributed by atoms with van der Waals surface area (Å²) >= 11 is 0. The third kappa shape index (κ3) is 2.47. The third-order valence-corrected chi connectivity index (χ3v) is 2.74. The van der Waals surface area contributed by atoms with Gasteiger partial charge in [0.1, 0.15) is 23.2 Å². The van der Waals surface area contributed by atoms with Gasteiger partial charge in [0.25, 0.3) is 0 Å². The molecule has 2 aromatic rings. The van der Waals surface area contributed by atoms with Crippen molar-refractivity contribution in [1.29, 1.82) is 5.26 Å². The Kier molecular flexibility index (Phi) is 3.62. The Morgan fingerprint density at radius 3 is 2.79 bits per heavy atom. The maximum absolute atomic E-state index is 8.96. The van der Waals surface area contributed by atoms with Crippen LogP contribution in [0.3, 0.4) is 0 Å². The maximum Gasteiger partial charge on any atom is 0.165 e. The zero-order valence-corrected chi connectivity index (χ0v) is 11.1. The highest BCUT2D eigenvalue weighted by atomic mass is 16.5. The monoisotopic (exact) mass is 254 g/mol. The molecule has 0 amide bonds. The second kappa shape index (κ2) is 5.36. The van der Waals surface area contributed by atoms with Crippen LogP contribution >= 0.6 is 0 Å². The molecule has 0 unspecified atom stereocenters. The highest BCUT2D eigenvalue weighted by Gasteiger charge is 2.11. The van der Waals surface area contributed by atoms with Gasteiger partial charge in [-0.15, -0.1) is 0 Å². The van der Waals surface area contributed by atoms with Gasteiger partial charge >= 0.3 is 0 Å². The Labute approximate surface area is 111 Å². The van der Waals surface area contributed by atoms with Crippen LogP contribution in [0, 0.1) is 18.3 Å². The summed E-state index contributed by atoms with van der Waals surface area (Å²) in [5, 5.41) is 11.9. The molecule has 19 heavy (non-hydrogen) atoms. The smallest absolute Gasteiger partial charge is 0.165 e. The van der Waals surface area contributed by atoms with Gasteiger partial charge in [0, 0.05) is 7.05 Å². The van der Waals surface area contributed by atoms with Crippen LogP contribution in [0.1, 0.15) is 11.1 Å². The van der Waals surface area contributed by atoms with Crippen LogP contribution in [-0.2, 0) is 0 Å². The number of rotatable bonds is 3. The average Bonchev–Trinajstić information content (AvgIpc) is 2.46. The molecule has 96 valence electrons. The Morgan fingerprint density at radius 1 is 1.37 bits per heavy atom. The summed E-state index contributed by atoms with van der Waals surface area (Å²) < 4.78 is 5.32. The summed E-state index contributed by atoms with van der Waals surface area (Å²) in [6.45, 7) is 1.99. The van der Waals surface area contributed by atoms with Crippen LogP contribution in [0.25, 0.3) is 11.4 Å². The van der Waals surface area contributed by atoms with Crippen molar-refractivity contribution in [2.45, 2.75) is 6.92 Å². The van der Waals surface area contributed by atoms with Gasteiger partial charge in [-0.2, -0.15) is 5.26 Å². The van der Waals surface area contributed by atoms with Gasteiger partial charge in [-0.3, -0.25) is 0 Å². The Balaban J connectivity index is 2.59. The van der Waals surface area contributed by atoms with Gasteiger partial charge < -0.3 is 10.1 Å². The van der Waals surface area contributed by atoms with Gasteiger partial charge in [0.15, 0.2) is 5.82 Å². The van der Waals surface area contributed by atoms with Crippen molar-refractivity contribution in [1.82, 2.24) is 9.97 Å². The van der Waals surface area contributed by atoms with Crippen LogP contribution in [0.4, 0.5) is 5.82 Å². The van der Waals surface area contributed by atoms with E-state index in [4.69, 9.17) is 10.00 Å². The van der Waals surface area contributed by atoms with Gasteiger partial charge in [0.05, 0.1) is 18.9 Å². The minimum Gasteiger partial charge on any atom is -0.496 e. The van der Waals surface area contributed by atoms with Crippen molar-refractivity contribution in [3.63, 3.8) is 0 Å². The molecule has 1 aromatic carbocycles. The summed E-state index contributed by atoms with van der Waals surface area (Å²) in [6.07, 6.45) is 1.51. The number of hydrogen-bond donors (Lipinski definition) is 1. The standard InChI is InChI=1S/C14H14N4O/c1-9-4-5-12(19-3)11(6-9)14-17-8-10(7-15)13(16-2)18-14/h4-6,8H,1-3H3,(H,16,17,18). The second-order valence-electron chi connectivity index (χ2n) is 4.02. The summed E-state index contributed by atoms with van der Waals surface area (Å²) in [4.78, 5) is 8.58. The van der Waals surface area contributed by atoms with E-state index in [0.717, 1.165) is 11.1 Å². The van der Waals surface area contributed by atoms with E-state index < -0.39 is 0 Å². The maximum atomic E-state index is 8.96. The van der Waals surface area contributed by atoms with Crippen molar-refractivity contribution in [3.05, 3.63) is 35.5 Å². The summed E-state index contributed by atoms with van der Waals surface area (Å²) in [7, 11) is 3.33. The molecular weight excluding hydrogens is 240 g/mol. The lowest BCUT2D eigenvalue weighted by Crippen LogP contribution is -2.01. The van der Waals surface area contributed by atoms with E-state index >= 15 is 0 Å². The molecule has 1 aromatic heterocycles. The van der Waals surface area contributed by atoms with Crippen molar-refractivity contribution in [3.8, 4) is 23.2 Å². The molecule has 0 saturated heterocycles. The third-order valence-electron chi connectivity index (χ3n) is 2.74. The van der Waals surface area contributed by atoms with Gasteiger partial charge in [-0.05, 0) is 19.1 Å². The van der Waals surface area contributed by atoms with Crippen LogP contribution in [0.15, 0.2) is 24.4 Å². The second-order valence-corrected chi connectivity index (χ2v) is 4.02. The van der Waals surface area contributed by atoms with E-state index in [1.165, 1.54) is 6.20 Å². The van der Waals surface area contributed by atoms with Crippen molar-refractivity contribution >= 4 is 5.82 Å². The van der Waals surface area contributed by atoms with Gasteiger partial charge in [-0.25, -0.2) is 9.97 Å². The SMILES string of the molecule is CNc1nc(-c2cc(C)ccc2OC)ncc1C#N. The molecule has 0 aliphatic rings. The van der Waals surface area contributed by atoms with Crippen LogP contribution < -0.4 is 10.1 Å². The molecule has 5 heteroatoms. The number of nitriles is 1. The molecule has 2 rings (SSSR count).